The van der Waals surface area contributed by atoms with Gasteiger partial charge in [-0.3, -0.25) is 4.79 Å². The molecular formula is C12H9F3N2O2. The number of halogens is 3. The number of rotatable bonds is 2. The lowest BCUT2D eigenvalue weighted by molar-refractivity contribution is -0.122. The molecule has 0 saturated heterocycles. The van der Waals surface area contributed by atoms with Gasteiger partial charge in [-0.2, -0.15) is 0 Å². The van der Waals surface area contributed by atoms with Crippen LogP contribution in [-0.2, 0) is 0 Å². The molecule has 0 N–H and O–H groups in total. The first kappa shape index (κ1) is 13.1. The quantitative estimate of drug-likeness (QED) is 0.787. The molecule has 0 radical (unpaired) electrons. The molecule has 1 aromatic heterocycles. The van der Waals surface area contributed by atoms with E-state index >= 15 is 0 Å². The largest absolute Gasteiger partial charge is 0.491 e. The van der Waals surface area contributed by atoms with E-state index in [1.807, 2.05) is 0 Å². The Kier molecular flexibility index (Phi) is 3.28. The lowest BCUT2D eigenvalue weighted by Gasteiger charge is -2.24. The lowest BCUT2D eigenvalue weighted by atomic mass is 10.2. The zero-order chi connectivity index (χ0) is 14.0. The second-order valence-electron chi connectivity index (χ2n) is 3.74. The number of carbonyl (C=O) groups is 1. The summed E-state index contributed by atoms with van der Waals surface area (Å²) in [6.07, 6.45) is -3.86. The Balaban J connectivity index is 2.46. The molecule has 0 unspecified atom stereocenters. The normalized spacial score (nSPS) is 11.4. The highest BCUT2D eigenvalue weighted by Crippen LogP contribution is 2.30. The van der Waals surface area contributed by atoms with Crippen molar-refractivity contribution in [3.05, 3.63) is 47.9 Å². The van der Waals surface area contributed by atoms with E-state index in [4.69, 9.17) is 0 Å². The van der Waals surface area contributed by atoms with E-state index in [0.29, 0.717) is 0 Å². The zero-order valence-corrected chi connectivity index (χ0v) is 9.81. The number of para-hydroxylation sites is 1. The van der Waals surface area contributed by atoms with Crippen LogP contribution in [-0.4, -0.2) is 17.4 Å². The van der Waals surface area contributed by atoms with Gasteiger partial charge in [0.05, 0.1) is 11.9 Å². The molecular weight excluding hydrogens is 261 g/mol. The Morgan fingerprint density at radius 3 is 2.37 bits per heavy atom. The molecule has 4 nitrogen and oxygen atoms in total. The van der Waals surface area contributed by atoms with Crippen LogP contribution >= 0.6 is 0 Å². The van der Waals surface area contributed by atoms with Gasteiger partial charge >= 0.3 is 6.30 Å². The minimum absolute atomic E-state index is 0.0372. The third-order valence-corrected chi connectivity index (χ3v) is 2.45. The molecule has 0 bridgehead atoms. The highest BCUT2D eigenvalue weighted by Gasteiger charge is 2.43. The minimum atomic E-state index is -4.83. The molecule has 2 rings (SSSR count). The maximum absolute atomic E-state index is 13.0. The van der Waals surface area contributed by atoms with E-state index in [9.17, 15) is 18.0 Å². The number of anilines is 1. The Labute approximate surface area is 106 Å². The molecule has 0 fully saturated rings. The molecule has 7 heteroatoms. The summed E-state index contributed by atoms with van der Waals surface area (Å²) in [5.41, 5.74) is -0.484. The first-order chi connectivity index (χ1) is 8.91. The van der Waals surface area contributed by atoms with Crippen molar-refractivity contribution < 1.29 is 22.5 Å². The van der Waals surface area contributed by atoms with Gasteiger partial charge in [0.25, 0.3) is 5.91 Å². The van der Waals surface area contributed by atoms with Gasteiger partial charge < -0.3 is 4.52 Å². The minimum Gasteiger partial charge on any atom is -0.361 e. The number of carbonyl (C=O) groups excluding carboxylic acids is 1. The van der Waals surface area contributed by atoms with Crippen molar-refractivity contribution in [2.24, 2.45) is 0 Å². The third kappa shape index (κ3) is 2.59. The van der Waals surface area contributed by atoms with Gasteiger partial charge in [0.1, 0.15) is 11.3 Å². The fourth-order valence-corrected chi connectivity index (χ4v) is 1.58. The summed E-state index contributed by atoms with van der Waals surface area (Å²) in [5.74, 6) is -1.19. The molecule has 1 heterocycles. The summed E-state index contributed by atoms with van der Waals surface area (Å²) in [4.78, 5) is 11.7. The summed E-state index contributed by atoms with van der Waals surface area (Å²) in [5, 5.41) is 3.31. The van der Waals surface area contributed by atoms with Crippen LogP contribution in [0.4, 0.5) is 18.9 Å². The van der Waals surface area contributed by atoms with Crippen LogP contribution in [0.5, 0.6) is 0 Å². The van der Waals surface area contributed by atoms with Gasteiger partial charge in [-0.25, -0.2) is 4.90 Å². The number of benzene rings is 1. The van der Waals surface area contributed by atoms with Gasteiger partial charge in [-0.1, -0.05) is 23.4 Å². The van der Waals surface area contributed by atoms with E-state index in [2.05, 4.69) is 9.68 Å². The van der Waals surface area contributed by atoms with Crippen molar-refractivity contribution >= 4 is 11.6 Å². The first-order valence-electron chi connectivity index (χ1n) is 5.29. The molecule has 1 amide bonds. The topological polar surface area (TPSA) is 46.3 Å². The average molecular weight is 270 g/mol. The van der Waals surface area contributed by atoms with Gasteiger partial charge in [0.15, 0.2) is 0 Å². The standard InChI is InChI=1S/C12H9F3N2O2/c1-8-10(7-16-19-8)11(18)17(12(13,14)15)9-5-3-2-4-6-9/h2-7H,1H3. The summed E-state index contributed by atoms with van der Waals surface area (Å²) >= 11 is 0. The molecule has 2 aromatic rings. The molecule has 0 atom stereocenters. The fourth-order valence-electron chi connectivity index (χ4n) is 1.58. The number of aryl methyl sites for hydroxylation is 1. The van der Waals surface area contributed by atoms with E-state index in [1.165, 1.54) is 31.2 Å². The predicted molar refractivity (Wildman–Crippen MR) is 60.5 cm³/mol. The summed E-state index contributed by atoms with van der Waals surface area (Å²) in [6.45, 7) is 1.37. The first-order valence-corrected chi connectivity index (χ1v) is 5.29. The van der Waals surface area contributed by atoms with Crippen molar-refractivity contribution in [1.82, 2.24) is 5.16 Å². The van der Waals surface area contributed by atoms with Crippen molar-refractivity contribution in [3.8, 4) is 0 Å². The Bertz CT molecular complexity index is 578. The van der Waals surface area contributed by atoms with Crippen LogP contribution in [0.15, 0.2) is 41.1 Å². The van der Waals surface area contributed by atoms with E-state index in [1.54, 1.807) is 6.07 Å². The van der Waals surface area contributed by atoms with Crippen LogP contribution in [0.2, 0.25) is 0 Å². The molecule has 19 heavy (non-hydrogen) atoms. The Morgan fingerprint density at radius 2 is 1.89 bits per heavy atom. The zero-order valence-electron chi connectivity index (χ0n) is 9.81. The van der Waals surface area contributed by atoms with Gasteiger partial charge in [-0.15, -0.1) is 13.2 Å². The molecule has 0 aliphatic rings. The second-order valence-corrected chi connectivity index (χ2v) is 3.74. The summed E-state index contributed by atoms with van der Waals surface area (Å²) in [6, 6.07) is 6.80. The Hall–Kier alpha value is -2.31. The van der Waals surface area contributed by atoms with Crippen molar-refractivity contribution in [3.63, 3.8) is 0 Å². The van der Waals surface area contributed by atoms with Gasteiger partial charge in [-0.05, 0) is 19.1 Å². The smallest absolute Gasteiger partial charge is 0.361 e. The average Bonchev–Trinajstić information content (AvgIpc) is 2.75. The number of amides is 1. The molecule has 0 aliphatic carbocycles. The van der Waals surface area contributed by atoms with Crippen LogP contribution in [0.25, 0.3) is 0 Å². The van der Waals surface area contributed by atoms with E-state index < -0.39 is 12.2 Å². The van der Waals surface area contributed by atoms with E-state index in [-0.39, 0.29) is 21.9 Å². The molecule has 0 spiro atoms. The SMILES string of the molecule is Cc1oncc1C(=O)N(c1ccccc1)C(F)(F)F. The third-order valence-electron chi connectivity index (χ3n) is 2.45. The van der Waals surface area contributed by atoms with Crippen LogP contribution in [0, 0.1) is 6.92 Å². The predicted octanol–water partition coefficient (Wildman–Crippen LogP) is 3.15. The molecule has 100 valence electrons. The summed E-state index contributed by atoms with van der Waals surface area (Å²) in [7, 11) is 0. The maximum Gasteiger partial charge on any atom is 0.491 e. The van der Waals surface area contributed by atoms with Crippen LogP contribution < -0.4 is 4.90 Å². The van der Waals surface area contributed by atoms with Crippen LogP contribution in [0.3, 0.4) is 0 Å². The second kappa shape index (κ2) is 4.75. The fraction of sp³-hybridized carbons (Fsp3) is 0.167. The van der Waals surface area contributed by atoms with Crippen molar-refractivity contribution in [1.29, 1.82) is 0 Å². The van der Waals surface area contributed by atoms with Crippen LogP contribution in [0.1, 0.15) is 16.1 Å². The highest BCUT2D eigenvalue weighted by molar-refractivity contribution is 6.06. The molecule has 0 aliphatic heterocycles. The number of hydrogen-bond acceptors (Lipinski definition) is 3. The number of hydrogen-bond donors (Lipinski definition) is 0. The number of alkyl halides is 3. The highest BCUT2D eigenvalue weighted by atomic mass is 19.4. The monoisotopic (exact) mass is 270 g/mol. The van der Waals surface area contributed by atoms with Gasteiger partial charge in [0.2, 0.25) is 0 Å². The number of nitrogens with zero attached hydrogens (tertiary/aromatic N) is 2. The summed E-state index contributed by atoms with van der Waals surface area (Å²) < 4.78 is 43.7. The van der Waals surface area contributed by atoms with Crippen molar-refractivity contribution in [2.45, 2.75) is 13.2 Å². The van der Waals surface area contributed by atoms with Gasteiger partial charge in [0, 0.05) is 0 Å². The lowest BCUT2D eigenvalue weighted by Crippen LogP contribution is -2.43. The maximum atomic E-state index is 13.0. The molecule has 0 saturated carbocycles. The Morgan fingerprint density at radius 1 is 1.26 bits per heavy atom. The number of aromatic nitrogens is 1. The van der Waals surface area contributed by atoms with Crippen molar-refractivity contribution in [2.75, 3.05) is 4.90 Å². The molecule has 1 aromatic carbocycles. The van der Waals surface area contributed by atoms with E-state index in [0.717, 1.165) is 6.20 Å².